The summed E-state index contributed by atoms with van der Waals surface area (Å²) in [5, 5.41) is 3.53. The van der Waals surface area contributed by atoms with E-state index in [0.29, 0.717) is 29.7 Å². The van der Waals surface area contributed by atoms with Crippen LogP contribution in [0.2, 0.25) is 0 Å². The Morgan fingerprint density at radius 3 is 2.79 bits per heavy atom. The molecule has 28 heavy (non-hydrogen) atoms. The van der Waals surface area contributed by atoms with Crippen LogP contribution in [0.15, 0.2) is 47.3 Å². The number of pyridine rings is 1. The van der Waals surface area contributed by atoms with Crippen molar-refractivity contribution in [2.75, 3.05) is 0 Å². The van der Waals surface area contributed by atoms with Crippen LogP contribution < -0.4 is 10.9 Å². The van der Waals surface area contributed by atoms with Gasteiger partial charge in [-0.1, -0.05) is 24.6 Å². The summed E-state index contributed by atoms with van der Waals surface area (Å²) in [6.07, 6.45) is 2.88. The molecule has 0 saturated carbocycles. The second kappa shape index (κ2) is 9.41. The van der Waals surface area contributed by atoms with Gasteiger partial charge in [-0.05, 0) is 56.2 Å². The van der Waals surface area contributed by atoms with Gasteiger partial charge in [-0.2, -0.15) is 0 Å². The molecule has 1 amide bonds. The summed E-state index contributed by atoms with van der Waals surface area (Å²) in [6, 6.07) is 13.1. The third-order valence-corrected chi connectivity index (χ3v) is 4.91. The summed E-state index contributed by atoms with van der Waals surface area (Å²) in [6.45, 7) is 2.92. The standard InChI is InChI=1S/C21H24N4O2S/c1-15-8-7-9-16(23-15)14-22-19(26)12-3-2-6-13-25-20(27)17-10-4-5-11-18(17)24-21(25)28/h4-5,7-11H,2-3,6,12-14H2,1H3,(H,22,26)(H,24,28). The van der Waals surface area contributed by atoms with Crippen molar-refractivity contribution in [2.24, 2.45) is 0 Å². The van der Waals surface area contributed by atoms with Gasteiger partial charge in [0.1, 0.15) is 0 Å². The summed E-state index contributed by atoms with van der Waals surface area (Å²) in [4.78, 5) is 32.0. The number of aromatic amines is 1. The molecule has 0 unspecified atom stereocenters. The van der Waals surface area contributed by atoms with Crippen LogP contribution >= 0.6 is 12.2 Å². The number of hydrogen-bond donors (Lipinski definition) is 2. The average molecular weight is 397 g/mol. The quantitative estimate of drug-likeness (QED) is 0.450. The first-order valence-electron chi connectivity index (χ1n) is 9.46. The van der Waals surface area contributed by atoms with Gasteiger partial charge < -0.3 is 10.3 Å². The van der Waals surface area contributed by atoms with Crippen molar-refractivity contribution in [3.63, 3.8) is 0 Å². The minimum atomic E-state index is -0.0669. The topological polar surface area (TPSA) is 79.8 Å². The molecular weight excluding hydrogens is 372 g/mol. The number of amides is 1. The van der Waals surface area contributed by atoms with Crippen LogP contribution in [-0.2, 0) is 17.9 Å². The predicted molar refractivity (Wildman–Crippen MR) is 113 cm³/mol. The summed E-state index contributed by atoms with van der Waals surface area (Å²) in [7, 11) is 0. The molecule has 0 aliphatic rings. The van der Waals surface area contributed by atoms with Crippen LogP contribution in [0.3, 0.4) is 0 Å². The van der Waals surface area contributed by atoms with Crippen molar-refractivity contribution in [2.45, 2.75) is 45.7 Å². The van der Waals surface area contributed by atoms with Crippen molar-refractivity contribution >= 4 is 29.0 Å². The minimum absolute atomic E-state index is 0.0171. The molecule has 0 aliphatic carbocycles. The molecule has 2 heterocycles. The maximum absolute atomic E-state index is 12.6. The van der Waals surface area contributed by atoms with E-state index in [2.05, 4.69) is 15.3 Å². The molecular formula is C21H24N4O2S. The van der Waals surface area contributed by atoms with E-state index in [-0.39, 0.29) is 11.5 Å². The molecule has 3 rings (SSSR count). The molecule has 2 aromatic heterocycles. The van der Waals surface area contributed by atoms with E-state index in [4.69, 9.17) is 12.2 Å². The van der Waals surface area contributed by atoms with E-state index >= 15 is 0 Å². The van der Waals surface area contributed by atoms with Gasteiger partial charge in [-0.3, -0.25) is 19.1 Å². The van der Waals surface area contributed by atoms with E-state index in [1.165, 1.54) is 0 Å². The second-order valence-electron chi connectivity index (χ2n) is 6.79. The zero-order valence-electron chi connectivity index (χ0n) is 15.9. The van der Waals surface area contributed by atoms with Crippen molar-refractivity contribution in [1.29, 1.82) is 0 Å². The number of aryl methyl sites for hydroxylation is 1. The largest absolute Gasteiger partial charge is 0.350 e. The van der Waals surface area contributed by atoms with Crippen LogP contribution in [0.1, 0.15) is 37.1 Å². The Morgan fingerprint density at radius 1 is 1.14 bits per heavy atom. The van der Waals surface area contributed by atoms with Gasteiger partial charge in [0.25, 0.3) is 5.56 Å². The SMILES string of the molecule is Cc1cccc(CNC(=O)CCCCCn2c(=S)[nH]c3ccccc3c2=O)n1. The predicted octanol–water partition coefficient (Wildman–Crippen LogP) is 3.64. The smallest absolute Gasteiger partial charge is 0.262 e. The Balaban J connectivity index is 1.44. The molecule has 146 valence electrons. The van der Waals surface area contributed by atoms with Crippen LogP contribution in [0.25, 0.3) is 10.9 Å². The average Bonchev–Trinajstić information content (AvgIpc) is 2.68. The third kappa shape index (κ3) is 5.13. The van der Waals surface area contributed by atoms with Crippen molar-refractivity contribution < 1.29 is 4.79 Å². The number of aromatic nitrogens is 3. The highest BCUT2D eigenvalue weighted by Crippen LogP contribution is 2.08. The monoisotopic (exact) mass is 396 g/mol. The zero-order valence-corrected chi connectivity index (χ0v) is 16.7. The molecule has 0 aliphatic heterocycles. The zero-order chi connectivity index (χ0) is 19.9. The van der Waals surface area contributed by atoms with Gasteiger partial charge in [-0.25, -0.2) is 0 Å². The first kappa shape index (κ1) is 19.9. The summed E-state index contributed by atoms with van der Waals surface area (Å²) in [5.41, 5.74) is 2.49. The van der Waals surface area contributed by atoms with E-state index in [1.54, 1.807) is 10.6 Å². The number of fused-ring (bicyclic) bond motifs is 1. The Kier molecular flexibility index (Phi) is 6.71. The van der Waals surface area contributed by atoms with Gasteiger partial charge >= 0.3 is 0 Å². The molecule has 0 spiro atoms. The third-order valence-electron chi connectivity index (χ3n) is 4.59. The fraction of sp³-hybridized carbons (Fsp3) is 0.333. The molecule has 0 saturated heterocycles. The lowest BCUT2D eigenvalue weighted by Crippen LogP contribution is -2.23. The number of carbonyl (C=O) groups excluding carboxylic acids is 1. The van der Waals surface area contributed by atoms with Gasteiger partial charge in [0.2, 0.25) is 5.91 Å². The number of nitrogens with one attached hydrogen (secondary N) is 2. The lowest BCUT2D eigenvalue weighted by atomic mass is 10.2. The maximum atomic E-state index is 12.6. The lowest BCUT2D eigenvalue weighted by Gasteiger charge is -2.08. The summed E-state index contributed by atoms with van der Waals surface area (Å²) in [5.74, 6) is 0.0171. The van der Waals surface area contributed by atoms with Crippen LogP contribution in [0.4, 0.5) is 0 Å². The van der Waals surface area contributed by atoms with E-state index in [0.717, 1.165) is 36.2 Å². The highest BCUT2D eigenvalue weighted by Gasteiger charge is 2.06. The summed E-state index contributed by atoms with van der Waals surface area (Å²) >= 11 is 5.31. The fourth-order valence-electron chi connectivity index (χ4n) is 3.11. The molecule has 6 nitrogen and oxygen atoms in total. The number of H-pyrrole nitrogens is 1. The van der Waals surface area contributed by atoms with Crippen molar-refractivity contribution in [1.82, 2.24) is 19.9 Å². The highest BCUT2D eigenvalue weighted by molar-refractivity contribution is 7.71. The van der Waals surface area contributed by atoms with Gasteiger partial charge in [0.05, 0.1) is 23.1 Å². The van der Waals surface area contributed by atoms with Gasteiger partial charge in [0, 0.05) is 18.7 Å². The molecule has 0 bridgehead atoms. The van der Waals surface area contributed by atoms with Crippen molar-refractivity contribution in [3.8, 4) is 0 Å². The minimum Gasteiger partial charge on any atom is -0.350 e. The van der Waals surface area contributed by atoms with Gasteiger partial charge in [0.15, 0.2) is 4.77 Å². The van der Waals surface area contributed by atoms with Crippen LogP contribution in [0.5, 0.6) is 0 Å². The second-order valence-corrected chi connectivity index (χ2v) is 7.18. The Bertz CT molecular complexity index is 1090. The first-order chi connectivity index (χ1) is 13.5. The number of para-hydroxylation sites is 1. The van der Waals surface area contributed by atoms with Crippen molar-refractivity contribution in [3.05, 3.63) is 69.0 Å². The Labute approximate surface area is 168 Å². The molecule has 0 fully saturated rings. The first-order valence-corrected chi connectivity index (χ1v) is 9.86. The highest BCUT2D eigenvalue weighted by atomic mass is 32.1. The van der Waals surface area contributed by atoms with E-state index < -0.39 is 0 Å². The fourth-order valence-corrected chi connectivity index (χ4v) is 3.39. The number of nitrogens with zero attached hydrogens (tertiary/aromatic N) is 2. The molecule has 2 N–H and O–H groups in total. The van der Waals surface area contributed by atoms with Crippen LogP contribution in [-0.4, -0.2) is 20.4 Å². The number of unbranched alkanes of at least 4 members (excludes halogenated alkanes) is 2. The Hall–Kier alpha value is -2.80. The number of hydrogen-bond acceptors (Lipinski definition) is 4. The Morgan fingerprint density at radius 2 is 1.96 bits per heavy atom. The lowest BCUT2D eigenvalue weighted by molar-refractivity contribution is -0.121. The normalized spacial score (nSPS) is 10.9. The van der Waals surface area contributed by atoms with E-state index in [1.807, 2.05) is 43.3 Å². The molecule has 1 aromatic carbocycles. The summed E-state index contributed by atoms with van der Waals surface area (Å²) < 4.78 is 2.04. The maximum Gasteiger partial charge on any atom is 0.262 e. The van der Waals surface area contributed by atoms with E-state index in [9.17, 15) is 9.59 Å². The molecule has 3 aromatic rings. The number of carbonyl (C=O) groups is 1. The van der Waals surface area contributed by atoms with Gasteiger partial charge in [-0.15, -0.1) is 0 Å². The molecule has 0 atom stereocenters. The molecule has 0 radical (unpaired) electrons. The molecule has 7 heteroatoms. The number of rotatable bonds is 8. The number of benzene rings is 1. The van der Waals surface area contributed by atoms with Crippen LogP contribution in [0, 0.1) is 11.7 Å².